The van der Waals surface area contributed by atoms with Crippen LogP contribution in [0.15, 0.2) is 12.2 Å². The molecule has 0 aromatic rings. The molecule has 0 aromatic carbocycles. The molecule has 0 radical (unpaired) electrons. The smallest absolute Gasteiger partial charge is 0.324 e. The summed E-state index contributed by atoms with van der Waals surface area (Å²) in [7, 11) is 0. The van der Waals surface area contributed by atoms with E-state index in [0.717, 1.165) is 5.57 Å². The third kappa shape index (κ3) is 5.25. The minimum atomic E-state index is -1.36. The lowest BCUT2D eigenvalue weighted by atomic mass is 9.66. The van der Waals surface area contributed by atoms with Gasteiger partial charge in [0.2, 0.25) is 0 Å². The van der Waals surface area contributed by atoms with Crippen molar-refractivity contribution in [3.63, 3.8) is 0 Å². The fraction of sp³-hybridized carbons (Fsp3) is 0.667. The maximum absolute atomic E-state index is 11.6. The van der Waals surface area contributed by atoms with Crippen molar-refractivity contribution in [2.75, 3.05) is 26.4 Å². The molecule has 0 N–H and O–H groups in total. The molecule has 2 aliphatic carbocycles. The van der Waals surface area contributed by atoms with Gasteiger partial charge in [0, 0.05) is 12.8 Å². The van der Waals surface area contributed by atoms with E-state index in [0.29, 0.717) is 12.8 Å². The molecule has 2 fully saturated rings. The van der Waals surface area contributed by atoms with Crippen LogP contribution < -0.4 is 0 Å². The molecule has 0 saturated heterocycles. The molecule has 168 valence electrons. The Bertz CT molecular complexity index is 591. The van der Waals surface area contributed by atoms with Gasteiger partial charge in [0.05, 0.1) is 26.4 Å². The van der Waals surface area contributed by atoms with Gasteiger partial charge in [0.1, 0.15) is 5.78 Å². The van der Waals surface area contributed by atoms with E-state index in [4.69, 9.17) is 18.9 Å². The molecule has 2 aliphatic rings. The first-order valence-corrected chi connectivity index (χ1v) is 10.0. The van der Waals surface area contributed by atoms with Crippen molar-refractivity contribution >= 4 is 29.7 Å². The highest BCUT2D eigenvalue weighted by Crippen LogP contribution is 2.46. The van der Waals surface area contributed by atoms with Gasteiger partial charge in [-0.3, -0.25) is 24.0 Å². The summed E-state index contributed by atoms with van der Waals surface area (Å²) in [4.78, 5) is 57.3. The SMILES string of the molecule is C=C1CC(C(=O)OCC)(C(=O)OCC)C1.CCOC(=O)C1(C(=O)OCC)CC(=O)C1. The molecule has 2 rings (SSSR count). The molecule has 9 heteroatoms. The Hall–Kier alpha value is -2.71. The van der Waals surface area contributed by atoms with Crippen molar-refractivity contribution in [1.82, 2.24) is 0 Å². The van der Waals surface area contributed by atoms with Crippen molar-refractivity contribution in [3.8, 4) is 0 Å². The summed E-state index contributed by atoms with van der Waals surface area (Å²) in [5, 5.41) is 0. The summed E-state index contributed by atoms with van der Waals surface area (Å²) in [6.45, 7) is 11.4. The van der Waals surface area contributed by atoms with Gasteiger partial charge in [-0.05, 0) is 40.5 Å². The first-order chi connectivity index (χ1) is 14.1. The third-order valence-electron chi connectivity index (χ3n) is 4.77. The van der Waals surface area contributed by atoms with E-state index < -0.39 is 34.7 Å². The lowest BCUT2D eigenvalue weighted by Gasteiger charge is -2.38. The Morgan fingerprint density at radius 1 is 0.667 bits per heavy atom. The fourth-order valence-corrected chi connectivity index (χ4v) is 3.24. The summed E-state index contributed by atoms with van der Waals surface area (Å²) in [6, 6.07) is 0. The van der Waals surface area contributed by atoms with Gasteiger partial charge in [0.25, 0.3) is 0 Å². The monoisotopic (exact) mass is 426 g/mol. The van der Waals surface area contributed by atoms with Crippen LogP contribution in [-0.4, -0.2) is 56.1 Å². The predicted octanol–water partition coefficient (Wildman–Crippen LogP) is 1.91. The van der Waals surface area contributed by atoms with E-state index in [1.165, 1.54) is 0 Å². The normalized spacial score (nSPS) is 17.9. The number of carbonyl (C=O) groups excluding carboxylic acids is 5. The second-order valence-corrected chi connectivity index (χ2v) is 7.04. The molecular weight excluding hydrogens is 396 g/mol. The second-order valence-electron chi connectivity index (χ2n) is 7.04. The second kappa shape index (κ2) is 10.9. The van der Waals surface area contributed by atoms with Crippen LogP contribution in [0.5, 0.6) is 0 Å². The van der Waals surface area contributed by atoms with E-state index in [1.807, 2.05) is 0 Å². The van der Waals surface area contributed by atoms with Gasteiger partial charge in [-0.1, -0.05) is 12.2 Å². The Morgan fingerprint density at radius 2 is 0.933 bits per heavy atom. The van der Waals surface area contributed by atoms with Crippen LogP contribution in [0.2, 0.25) is 0 Å². The quantitative estimate of drug-likeness (QED) is 0.248. The van der Waals surface area contributed by atoms with Crippen LogP contribution in [0.3, 0.4) is 0 Å². The number of hydrogen-bond acceptors (Lipinski definition) is 9. The number of ether oxygens (including phenoxy) is 4. The molecule has 9 nitrogen and oxygen atoms in total. The van der Waals surface area contributed by atoms with Gasteiger partial charge < -0.3 is 18.9 Å². The van der Waals surface area contributed by atoms with Gasteiger partial charge in [0.15, 0.2) is 10.8 Å². The van der Waals surface area contributed by atoms with Crippen LogP contribution >= 0.6 is 0 Å². The topological polar surface area (TPSA) is 122 Å². The third-order valence-corrected chi connectivity index (χ3v) is 4.77. The van der Waals surface area contributed by atoms with Gasteiger partial charge in [-0.15, -0.1) is 0 Å². The maximum Gasteiger partial charge on any atom is 0.324 e. The predicted molar refractivity (Wildman–Crippen MR) is 104 cm³/mol. The summed E-state index contributed by atoms with van der Waals surface area (Å²) >= 11 is 0. The van der Waals surface area contributed by atoms with Crippen molar-refractivity contribution < 1.29 is 42.9 Å². The zero-order valence-corrected chi connectivity index (χ0v) is 18.0. The fourth-order valence-electron chi connectivity index (χ4n) is 3.24. The van der Waals surface area contributed by atoms with E-state index in [2.05, 4.69) is 6.58 Å². The number of rotatable bonds is 8. The molecule has 2 saturated carbocycles. The molecule has 30 heavy (non-hydrogen) atoms. The van der Waals surface area contributed by atoms with Crippen molar-refractivity contribution in [2.45, 2.75) is 53.4 Å². The minimum absolute atomic E-state index is 0.0926. The number of hydrogen-bond donors (Lipinski definition) is 0. The molecule has 0 unspecified atom stereocenters. The standard InChI is InChI=1S/C11H16O4.C10H14O5/c1-4-14-9(12)11(6-8(3)7-11)10(13)15-5-2;1-3-14-8(12)10(5-7(11)6-10)9(13)15-4-2/h3-7H2,1-2H3;3-6H2,1-2H3. The Morgan fingerprint density at radius 3 is 1.13 bits per heavy atom. The first-order valence-electron chi connectivity index (χ1n) is 10.0. The molecule has 0 bridgehead atoms. The largest absolute Gasteiger partial charge is 0.465 e. The van der Waals surface area contributed by atoms with Crippen molar-refractivity contribution in [2.24, 2.45) is 10.8 Å². The highest BCUT2D eigenvalue weighted by atomic mass is 16.6. The lowest BCUT2D eigenvalue weighted by molar-refractivity contribution is -0.181. The molecule has 0 aromatic heterocycles. The van der Waals surface area contributed by atoms with Gasteiger partial charge >= 0.3 is 23.9 Å². The van der Waals surface area contributed by atoms with Crippen LogP contribution in [0.1, 0.15) is 53.4 Å². The highest BCUT2D eigenvalue weighted by molar-refractivity contribution is 6.12. The highest BCUT2D eigenvalue weighted by Gasteiger charge is 2.58. The van der Waals surface area contributed by atoms with E-state index in [9.17, 15) is 24.0 Å². The van der Waals surface area contributed by atoms with Crippen LogP contribution in [0.4, 0.5) is 0 Å². The Labute approximate surface area is 176 Å². The molecule has 0 amide bonds. The lowest BCUT2D eigenvalue weighted by Crippen LogP contribution is -2.52. The zero-order valence-electron chi connectivity index (χ0n) is 18.0. The number of ketones is 1. The minimum Gasteiger partial charge on any atom is -0.465 e. The Kier molecular flexibility index (Phi) is 9.20. The molecule has 0 atom stereocenters. The number of Topliss-reactive ketones (excluding diaryl/α,β-unsaturated/α-hetero) is 1. The van der Waals surface area contributed by atoms with Crippen LogP contribution in [0, 0.1) is 10.8 Å². The van der Waals surface area contributed by atoms with Crippen LogP contribution in [0.25, 0.3) is 0 Å². The Balaban J connectivity index is 0.000000300. The average Bonchev–Trinajstić information content (AvgIpc) is 2.63. The van der Waals surface area contributed by atoms with Crippen molar-refractivity contribution in [3.05, 3.63) is 12.2 Å². The zero-order chi connectivity index (χ0) is 22.9. The summed E-state index contributed by atoms with van der Waals surface area (Å²) in [5.74, 6) is -2.39. The summed E-state index contributed by atoms with van der Waals surface area (Å²) in [5.41, 5.74) is -1.58. The molecule has 0 heterocycles. The van der Waals surface area contributed by atoms with Gasteiger partial charge in [-0.25, -0.2) is 0 Å². The number of esters is 4. The number of allylic oxidation sites excluding steroid dienone is 1. The van der Waals surface area contributed by atoms with E-state index in [-0.39, 0.29) is 45.1 Å². The van der Waals surface area contributed by atoms with Crippen molar-refractivity contribution in [1.29, 1.82) is 0 Å². The summed E-state index contributed by atoms with van der Waals surface area (Å²) < 4.78 is 19.3. The van der Waals surface area contributed by atoms with Gasteiger partial charge in [-0.2, -0.15) is 0 Å². The molecule has 0 aliphatic heterocycles. The van der Waals surface area contributed by atoms with E-state index >= 15 is 0 Å². The molecular formula is C21H30O9. The molecule has 0 spiro atoms. The summed E-state index contributed by atoms with van der Waals surface area (Å²) in [6.07, 6.45) is 0.519. The first kappa shape index (κ1) is 25.3. The maximum atomic E-state index is 11.6. The van der Waals surface area contributed by atoms with Crippen LogP contribution in [-0.2, 0) is 42.9 Å². The number of carbonyl (C=O) groups is 5. The van der Waals surface area contributed by atoms with E-state index in [1.54, 1.807) is 27.7 Å². The average molecular weight is 426 g/mol.